The molecular weight excluding hydrogens is 250 g/mol. The van der Waals surface area contributed by atoms with E-state index < -0.39 is 0 Å². The summed E-state index contributed by atoms with van der Waals surface area (Å²) in [6.45, 7) is 7.29. The highest BCUT2D eigenvalue weighted by Gasteiger charge is 2.10. The average molecular weight is 270 g/mol. The SMILES string of the molecule is CC(Cl)c1cccc(OCCN2CCOCC2)c1. The number of nitrogens with zero attached hydrogens (tertiary/aromatic N) is 1. The van der Waals surface area contributed by atoms with Gasteiger partial charge in [-0.15, -0.1) is 11.6 Å². The summed E-state index contributed by atoms with van der Waals surface area (Å²) in [4.78, 5) is 2.36. The molecule has 4 heteroatoms. The van der Waals surface area contributed by atoms with Crippen molar-refractivity contribution >= 4 is 11.6 Å². The van der Waals surface area contributed by atoms with Crippen molar-refractivity contribution in [3.8, 4) is 5.75 Å². The van der Waals surface area contributed by atoms with Crippen molar-refractivity contribution in [2.75, 3.05) is 39.5 Å². The maximum Gasteiger partial charge on any atom is 0.119 e. The van der Waals surface area contributed by atoms with Gasteiger partial charge in [-0.05, 0) is 24.6 Å². The molecule has 0 radical (unpaired) electrons. The van der Waals surface area contributed by atoms with Crippen molar-refractivity contribution in [3.05, 3.63) is 29.8 Å². The van der Waals surface area contributed by atoms with Crippen LogP contribution in [0.4, 0.5) is 0 Å². The fourth-order valence-corrected chi connectivity index (χ4v) is 2.10. The Kier molecular flexibility index (Phi) is 5.29. The van der Waals surface area contributed by atoms with E-state index in [4.69, 9.17) is 21.1 Å². The summed E-state index contributed by atoms with van der Waals surface area (Å²) in [6.07, 6.45) is 0. The molecule has 1 atom stereocenters. The summed E-state index contributed by atoms with van der Waals surface area (Å²) in [6, 6.07) is 7.99. The second kappa shape index (κ2) is 6.98. The van der Waals surface area contributed by atoms with Crippen LogP contribution in [-0.4, -0.2) is 44.4 Å². The topological polar surface area (TPSA) is 21.7 Å². The van der Waals surface area contributed by atoms with Gasteiger partial charge in [0.1, 0.15) is 12.4 Å². The smallest absolute Gasteiger partial charge is 0.119 e. The van der Waals surface area contributed by atoms with E-state index in [0.29, 0.717) is 6.61 Å². The van der Waals surface area contributed by atoms with E-state index in [0.717, 1.165) is 44.2 Å². The monoisotopic (exact) mass is 269 g/mol. The lowest BCUT2D eigenvalue weighted by atomic mass is 10.1. The summed E-state index contributed by atoms with van der Waals surface area (Å²) < 4.78 is 11.1. The molecule has 0 aliphatic carbocycles. The highest BCUT2D eigenvalue weighted by atomic mass is 35.5. The van der Waals surface area contributed by atoms with E-state index in [1.54, 1.807) is 0 Å². The van der Waals surface area contributed by atoms with Crippen LogP contribution in [0.3, 0.4) is 0 Å². The summed E-state index contributed by atoms with van der Waals surface area (Å²) in [5.41, 5.74) is 1.10. The van der Waals surface area contributed by atoms with E-state index in [1.165, 1.54) is 0 Å². The minimum absolute atomic E-state index is 0.0211. The Bertz CT molecular complexity index is 365. The lowest BCUT2D eigenvalue weighted by Crippen LogP contribution is -2.38. The third-order valence-corrected chi connectivity index (χ3v) is 3.35. The predicted octanol–water partition coefficient (Wildman–Crippen LogP) is 2.70. The molecule has 0 bridgehead atoms. The van der Waals surface area contributed by atoms with E-state index in [1.807, 2.05) is 31.2 Å². The average Bonchev–Trinajstić information content (AvgIpc) is 2.40. The predicted molar refractivity (Wildman–Crippen MR) is 73.5 cm³/mol. The molecule has 0 saturated carbocycles. The third-order valence-electron chi connectivity index (χ3n) is 3.10. The first kappa shape index (κ1) is 13.7. The molecule has 1 aromatic carbocycles. The largest absolute Gasteiger partial charge is 0.492 e. The number of hydrogen-bond acceptors (Lipinski definition) is 3. The molecule has 2 rings (SSSR count). The normalized spacial score (nSPS) is 18.6. The van der Waals surface area contributed by atoms with Gasteiger partial charge in [-0.3, -0.25) is 4.90 Å². The fraction of sp³-hybridized carbons (Fsp3) is 0.571. The Balaban J connectivity index is 1.77. The number of halogens is 1. The van der Waals surface area contributed by atoms with E-state index in [2.05, 4.69) is 4.90 Å². The summed E-state index contributed by atoms with van der Waals surface area (Å²) in [7, 11) is 0. The first-order chi connectivity index (χ1) is 8.75. The molecule has 18 heavy (non-hydrogen) atoms. The van der Waals surface area contributed by atoms with Crippen molar-refractivity contribution in [1.29, 1.82) is 0 Å². The van der Waals surface area contributed by atoms with E-state index in [9.17, 15) is 0 Å². The third kappa shape index (κ3) is 4.16. The van der Waals surface area contributed by atoms with Crippen molar-refractivity contribution in [2.24, 2.45) is 0 Å². The molecule has 1 aliphatic rings. The molecule has 0 N–H and O–H groups in total. The molecule has 0 aromatic heterocycles. The van der Waals surface area contributed by atoms with Gasteiger partial charge in [-0.1, -0.05) is 12.1 Å². The number of benzene rings is 1. The standard InChI is InChI=1S/C14H20ClNO2/c1-12(15)13-3-2-4-14(11-13)18-10-7-16-5-8-17-9-6-16/h2-4,11-12H,5-10H2,1H3. The van der Waals surface area contributed by atoms with Crippen molar-refractivity contribution in [3.63, 3.8) is 0 Å². The minimum atomic E-state index is 0.0211. The number of hydrogen-bond donors (Lipinski definition) is 0. The van der Waals surface area contributed by atoms with Gasteiger partial charge < -0.3 is 9.47 Å². The number of ether oxygens (including phenoxy) is 2. The van der Waals surface area contributed by atoms with Crippen LogP contribution < -0.4 is 4.74 Å². The van der Waals surface area contributed by atoms with Gasteiger partial charge in [0, 0.05) is 19.6 Å². The van der Waals surface area contributed by atoms with Crippen molar-refractivity contribution < 1.29 is 9.47 Å². The van der Waals surface area contributed by atoms with Gasteiger partial charge in [0.05, 0.1) is 18.6 Å². The Morgan fingerprint density at radius 3 is 2.89 bits per heavy atom. The molecule has 0 amide bonds. The van der Waals surface area contributed by atoms with Crippen LogP contribution in [0.2, 0.25) is 0 Å². The first-order valence-corrected chi connectivity index (χ1v) is 6.86. The van der Waals surface area contributed by atoms with Crippen LogP contribution in [0.25, 0.3) is 0 Å². The lowest BCUT2D eigenvalue weighted by Gasteiger charge is -2.26. The number of rotatable bonds is 5. The van der Waals surface area contributed by atoms with Crippen LogP contribution in [-0.2, 0) is 4.74 Å². The van der Waals surface area contributed by atoms with Crippen LogP contribution in [0, 0.1) is 0 Å². The van der Waals surface area contributed by atoms with Crippen LogP contribution in [0.15, 0.2) is 24.3 Å². The maximum absolute atomic E-state index is 6.05. The minimum Gasteiger partial charge on any atom is -0.492 e. The summed E-state index contributed by atoms with van der Waals surface area (Å²) in [5, 5.41) is 0.0211. The molecule has 1 aromatic rings. The van der Waals surface area contributed by atoms with E-state index >= 15 is 0 Å². The second-order valence-corrected chi connectivity index (χ2v) is 5.15. The molecule has 1 heterocycles. The Morgan fingerprint density at radius 1 is 1.39 bits per heavy atom. The molecule has 0 spiro atoms. The highest BCUT2D eigenvalue weighted by Crippen LogP contribution is 2.23. The fourth-order valence-electron chi connectivity index (χ4n) is 1.97. The summed E-state index contributed by atoms with van der Waals surface area (Å²) >= 11 is 6.05. The Labute approximate surface area is 114 Å². The van der Waals surface area contributed by atoms with Gasteiger partial charge in [-0.2, -0.15) is 0 Å². The molecular formula is C14H20ClNO2. The Morgan fingerprint density at radius 2 is 2.17 bits per heavy atom. The van der Waals surface area contributed by atoms with Crippen molar-refractivity contribution in [1.82, 2.24) is 4.90 Å². The lowest BCUT2D eigenvalue weighted by molar-refractivity contribution is 0.0322. The zero-order valence-electron chi connectivity index (χ0n) is 10.8. The van der Waals surface area contributed by atoms with Gasteiger partial charge in [-0.25, -0.2) is 0 Å². The molecule has 1 unspecified atom stereocenters. The van der Waals surface area contributed by atoms with Gasteiger partial charge >= 0.3 is 0 Å². The molecule has 1 saturated heterocycles. The maximum atomic E-state index is 6.05. The summed E-state index contributed by atoms with van der Waals surface area (Å²) in [5.74, 6) is 0.897. The zero-order chi connectivity index (χ0) is 12.8. The quantitative estimate of drug-likeness (QED) is 0.767. The molecule has 1 fully saturated rings. The molecule has 100 valence electrons. The van der Waals surface area contributed by atoms with Gasteiger partial charge in [0.2, 0.25) is 0 Å². The Hall–Kier alpha value is -0.770. The molecule has 1 aliphatic heterocycles. The van der Waals surface area contributed by atoms with E-state index in [-0.39, 0.29) is 5.38 Å². The van der Waals surface area contributed by atoms with Crippen molar-refractivity contribution in [2.45, 2.75) is 12.3 Å². The van der Waals surface area contributed by atoms with Gasteiger partial charge in [0.25, 0.3) is 0 Å². The zero-order valence-corrected chi connectivity index (χ0v) is 11.5. The van der Waals surface area contributed by atoms with Crippen LogP contribution in [0.1, 0.15) is 17.9 Å². The molecule has 3 nitrogen and oxygen atoms in total. The number of morpholine rings is 1. The highest BCUT2D eigenvalue weighted by molar-refractivity contribution is 6.20. The number of alkyl halides is 1. The first-order valence-electron chi connectivity index (χ1n) is 6.42. The van der Waals surface area contributed by atoms with Gasteiger partial charge in [0.15, 0.2) is 0 Å². The second-order valence-electron chi connectivity index (χ2n) is 4.49. The van der Waals surface area contributed by atoms with Crippen LogP contribution >= 0.6 is 11.6 Å². The van der Waals surface area contributed by atoms with Crippen LogP contribution in [0.5, 0.6) is 5.75 Å².